The van der Waals surface area contributed by atoms with Crippen molar-refractivity contribution in [3.63, 3.8) is 0 Å². The first-order chi connectivity index (χ1) is 12.4. The summed E-state index contributed by atoms with van der Waals surface area (Å²) in [6.07, 6.45) is -0.922. The van der Waals surface area contributed by atoms with Gasteiger partial charge in [0, 0.05) is 13.1 Å². The highest BCUT2D eigenvalue weighted by Gasteiger charge is 2.21. The third-order valence-corrected chi connectivity index (χ3v) is 3.41. The van der Waals surface area contributed by atoms with Gasteiger partial charge >= 0.3 is 5.97 Å². The first-order valence-corrected chi connectivity index (χ1v) is 8.29. The van der Waals surface area contributed by atoms with Crippen LogP contribution in [0.25, 0.3) is 0 Å². The fourth-order valence-corrected chi connectivity index (χ4v) is 2.00. The molecule has 1 atom stereocenters. The van der Waals surface area contributed by atoms with E-state index in [2.05, 4.69) is 5.32 Å². The average molecular weight is 361 g/mol. The van der Waals surface area contributed by atoms with E-state index in [1.165, 1.54) is 11.8 Å². The summed E-state index contributed by atoms with van der Waals surface area (Å²) in [6, 6.07) is 8.25. The Labute approximate surface area is 152 Å². The van der Waals surface area contributed by atoms with Crippen molar-refractivity contribution in [3.8, 4) is 11.8 Å². The summed E-state index contributed by atoms with van der Waals surface area (Å²) in [5.41, 5.74) is 0.477. The molecular weight excluding hydrogens is 338 g/mol. The van der Waals surface area contributed by atoms with E-state index < -0.39 is 24.6 Å². The topological polar surface area (TPSA) is 109 Å². The monoisotopic (exact) mass is 361 g/mol. The number of nitrogens with one attached hydrogen (secondary N) is 1. The fourth-order valence-electron chi connectivity index (χ4n) is 2.00. The summed E-state index contributed by atoms with van der Waals surface area (Å²) < 4.78 is 10.4. The minimum Gasteiger partial charge on any atom is -0.479 e. The number of esters is 1. The molecule has 1 N–H and O–H groups in total. The van der Waals surface area contributed by atoms with Gasteiger partial charge in [0.1, 0.15) is 5.75 Å². The Bertz CT molecular complexity index is 666. The molecular formula is C18H23N3O5. The highest BCUT2D eigenvalue weighted by atomic mass is 16.6. The lowest BCUT2D eigenvalue weighted by atomic mass is 10.2. The molecule has 1 aromatic carbocycles. The van der Waals surface area contributed by atoms with Gasteiger partial charge in [-0.05, 0) is 45.0 Å². The van der Waals surface area contributed by atoms with Gasteiger partial charge in [0.2, 0.25) is 5.91 Å². The van der Waals surface area contributed by atoms with Crippen molar-refractivity contribution >= 4 is 17.8 Å². The Morgan fingerprint density at radius 3 is 2.42 bits per heavy atom. The Kier molecular flexibility index (Phi) is 8.64. The minimum absolute atomic E-state index is 0.0853. The van der Waals surface area contributed by atoms with Crippen LogP contribution in [0.2, 0.25) is 0 Å². The quantitative estimate of drug-likeness (QED) is 0.653. The van der Waals surface area contributed by atoms with Crippen LogP contribution in [0.15, 0.2) is 24.3 Å². The van der Waals surface area contributed by atoms with E-state index in [1.54, 1.807) is 38.1 Å². The van der Waals surface area contributed by atoms with E-state index in [-0.39, 0.29) is 12.5 Å². The predicted octanol–water partition coefficient (Wildman–Crippen LogP) is 0.853. The first kappa shape index (κ1) is 21.0. The SMILES string of the molecule is CCNC(=O)CN(CC)C(=O)COC(=O)[C@@H](C)Oc1ccc(C#N)cc1. The molecule has 0 spiro atoms. The van der Waals surface area contributed by atoms with Crippen LogP contribution in [-0.2, 0) is 19.1 Å². The third kappa shape index (κ3) is 6.81. The number of nitrogens with zero attached hydrogens (tertiary/aromatic N) is 2. The Balaban J connectivity index is 2.48. The molecule has 1 aromatic rings. The third-order valence-electron chi connectivity index (χ3n) is 3.41. The summed E-state index contributed by atoms with van der Waals surface area (Å²) in [6.45, 7) is 5.26. The number of rotatable bonds is 9. The first-order valence-electron chi connectivity index (χ1n) is 8.29. The van der Waals surface area contributed by atoms with Crippen LogP contribution in [0.1, 0.15) is 26.3 Å². The smallest absolute Gasteiger partial charge is 0.347 e. The van der Waals surface area contributed by atoms with Gasteiger partial charge in [0.15, 0.2) is 12.7 Å². The molecule has 0 aliphatic carbocycles. The number of ether oxygens (including phenoxy) is 2. The van der Waals surface area contributed by atoms with Crippen molar-refractivity contribution in [2.45, 2.75) is 26.9 Å². The lowest BCUT2D eigenvalue weighted by Gasteiger charge is -2.20. The van der Waals surface area contributed by atoms with E-state index >= 15 is 0 Å². The molecule has 0 fully saturated rings. The van der Waals surface area contributed by atoms with E-state index in [1.807, 2.05) is 6.07 Å². The number of nitriles is 1. The molecule has 0 aromatic heterocycles. The maximum Gasteiger partial charge on any atom is 0.347 e. The number of hydrogen-bond acceptors (Lipinski definition) is 6. The van der Waals surface area contributed by atoms with Crippen LogP contribution in [0.5, 0.6) is 5.75 Å². The van der Waals surface area contributed by atoms with Crippen molar-refractivity contribution in [2.24, 2.45) is 0 Å². The van der Waals surface area contributed by atoms with Crippen molar-refractivity contribution in [1.82, 2.24) is 10.2 Å². The number of hydrogen-bond donors (Lipinski definition) is 1. The molecule has 8 nitrogen and oxygen atoms in total. The molecule has 1 rings (SSSR count). The molecule has 0 unspecified atom stereocenters. The highest BCUT2D eigenvalue weighted by molar-refractivity contribution is 5.86. The van der Waals surface area contributed by atoms with Crippen molar-refractivity contribution in [3.05, 3.63) is 29.8 Å². The molecule has 8 heteroatoms. The molecule has 0 saturated heterocycles. The second-order valence-electron chi connectivity index (χ2n) is 5.37. The molecule has 0 aliphatic rings. The lowest BCUT2D eigenvalue weighted by molar-refractivity contribution is -0.157. The zero-order valence-corrected chi connectivity index (χ0v) is 15.2. The van der Waals surface area contributed by atoms with E-state index in [0.29, 0.717) is 24.4 Å². The second kappa shape index (κ2) is 10.7. The molecule has 2 amide bonds. The number of amides is 2. The lowest BCUT2D eigenvalue weighted by Crippen LogP contribution is -2.42. The zero-order valence-electron chi connectivity index (χ0n) is 15.2. The Morgan fingerprint density at radius 2 is 1.88 bits per heavy atom. The van der Waals surface area contributed by atoms with Crippen molar-refractivity contribution < 1.29 is 23.9 Å². The summed E-state index contributed by atoms with van der Waals surface area (Å²) in [4.78, 5) is 36.9. The van der Waals surface area contributed by atoms with Gasteiger partial charge in [-0.1, -0.05) is 0 Å². The van der Waals surface area contributed by atoms with Gasteiger partial charge in [-0.25, -0.2) is 4.79 Å². The van der Waals surface area contributed by atoms with Crippen LogP contribution in [0.4, 0.5) is 0 Å². The molecule has 0 bridgehead atoms. The standard InChI is InChI=1S/C18H23N3O5/c1-4-20-16(22)11-21(5-2)17(23)12-25-18(24)13(3)26-15-8-6-14(10-19)7-9-15/h6-9,13H,4-5,11-12H2,1-3H3,(H,20,22)/t13-/m1/s1. The second-order valence-corrected chi connectivity index (χ2v) is 5.37. The van der Waals surface area contributed by atoms with Gasteiger partial charge < -0.3 is 19.7 Å². The van der Waals surface area contributed by atoms with Crippen LogP contribution in [0.3, 0.4) is 0 Å². The van der Waals surface area contributed by atoms with Gasteiger partial charge in [-0.2, -0.15) is 5.26 Å². The van der Waals surface area contributed by atoms with E-state index in [0.717, 1.165) is 0 Å². The number of carbonyl (C=O) groups excluding carboxylic acids is 3. The normalized spacial score (nSPS) is 11.0. The van der Waals surface area contributed by atoms with Crippen LogP contribution >= 0.6 is 0 Å². The molecule has 140 valence electrons. The predicted molar refractivity (Wildman–Crippen MR) is 93.1 cm³/mol. The van der Waals surface area contributed by atoms with Crippen LogP contribution < -0.4 is 10.1 Å². The van der Waals surface area contributed by atoms with Crippen molar-refractivity contribution in [2.75, 3.05) is 26.2 Å². The van der Waals surface area contributed by atoms with Crippen molar-refractivity contribution in [1.29, 1.82) is 5.26 Å². The van der Waals surface area contributed by atoms with Crippen LogP contribution in [0, 0.1) is 11.3 Å². The maximum atomic E-state index is 12.1. The highest BCUT2D eigenvalue weighted by Crippen LogP contribution is 2.13. The largest absolute Gasteiger partial charge is 0.479 e. The van der Waals surface area contributed by atoms with Gasteiger partial charge in [0.25, 0.3) is 5.91 Å². The molecule has 0 radical (unpaired) electrons. The molecule has 0 saturated carbocycles. The van der Waals surface area contributed by atoms with Gasteiger partial charge in [-0.3, -0.25) is 9.59 Å². The van der Waals surface area contributed by atoms with Gasteiger partial charge in [-0.15, -0.1) is 0 Å². The molecule has 0 aliphatic heterocycles. The number of carbonyl (C=O) groups is 3. The van der Waals surface area contributed by atoms with Crippen LogP contribution in [-0.4, -0.2) is 55.0 Å². The summed E-state index contributed by atoms with van der Waals surface area (Å²) >= 11 is 0. The number of benzene rings is 1. The average Bonchev–Trinajstić information content (AvgIpc) is 2.64. The molecule has 26 heavy (non-hydrogen) atoms. The fraction of sp³-hybridized carbons (Fsp3) is 0.444. The maximum absolute atomic E-state index is 12.1. The Hall–Kier alpha value is -3.08. The van der Waals surface area contributed by atoms with Gasteiger partial charge in [0.05, 0.1) is 18.2 Å². The summed E-state index contributed by atoms with van der Waals surface area (Å²) in [5, 5.41) is 11.3. The minimum atomic E-state index is -0.922. The summed E-state index contributed by atoms with van der Waals surface area (Å²) in [5.74, 6) is -1.02. The number of likely N-dealkylation sites (N-methyl/N-ethyl adjacent to an activating group) is 2. The Morgan fingerprint density at radius 1 is 1.23 bits per heavy atom. The molecule has 0 heterocycles. The van der Waals surface area contributed by atoms with E-state index in [4.69, 9.17) is 14.7 Å². The van der Waals surface area contributed by atoms with E-state index in [9.17, 15) is 14.4 Å². The summed E-state index contributed by atoms with van der Waals surface area (Å²) in [7, 11) is 0. The zero-order chi connectivity index (χ0) is 19.5.